The van der Waals surface area contributed by atoms with Crippen LogP contribution in [-0.4, -0.2) is 29.2 Å². The molecule has 0 N–H and O–H groups in total. The molecule has 1 aliphatic heterocycles. The van der Waals surface area contributed by atoms with Crippen molar-refractivity contribution in [3.05, 3.63) is 34.9 Å². The Morgan fingerprint density at radius 1 is 1.41 bits per heavy atom. The predicted molar refractivity (Wildman–Crippen MR) is 70.3 cm³/mol. The standard InChI is InChI=1S/C13H16BrNO2/c1-2-15(6-5-14)13(16)10-3-4-11-8-17-9-12(11)7-10/h3-4,7H,2,5-6,8-9H2,1H3. The predicted octanol–water partition coefficient (Wildman–Crippen LogP) is 2.57. The Morgan fingerprint density at radius 3 is 2.88 bits per heavy atom. The van der Waals surface area contributed by atoms with Crippen LogP contribution in [0.25, 0.3) is 0 Å². The van der Waals surface area contributed by atoms with E-state index in [1.807, 2.05) is 30.0 Å². The molecule has 17 heavy (non-hydrogen) atoms. The fourth-order valence-electron chi connectivity index (χ4n) is 1.99. The number of hydrogen-bond donors (Lipinski definition) is 0. The number of nitrogens with zero attached hydrogens (tertiary/aromatic N) is 1. The molecule has 3 nitrogen and oxygen atoms in total. The van der Waals surface area contributed by atoms with Crippen LogP contribution < -0.4 is 0 Å². The van der Waals surface area contributed by atoms with Crippen LogP contribution in [0.4, 0.5) is 0 Å². The first-order chi connectivity index (χ1) is 8.26. The van der Waals surface area contributed by atoms with Crippen molar-refractivity contribution in [2.45, 2.75) is 20.1 Å². The van der Waals surface area contributed by atoms with Crippen molar-refractivity contribution in [3.8, 4) is 0 Å². The Hall–Kier alpha value is -0.870. The number of ether oxygens (including phenoxy) is 1. The molecule has 0 bridgehead atoms. The second-order valence-corrected chi connectivity index (χ2v) is 4.84. The van der Waals surface area contributed by atoms with E-state index < -0.39 is 0 Å². The number of carbonyl (C=O) groups is 1. The van der Waals surface area contributed by atoms with Gasteiger partial charge in [0.25, 0.3) is 5.91 Å². The van der Waals surface area contributed by atoms with Gasteiger partial charge in [0.15, 0.2) is 0 Å². The van der Waals surface area contributed by atoms with Crippen LogP contribution in [0.3, 0.4) is 0 Å². The minimum absolute atomic E-state index is 0.0988. The van der Waals surface area contributed by atoms with Crippen molar-refractivity contribution in [2.75, 3.05) is 18.4 Å². The molecule has 1 aliphatic rings. The van der Waals surface area contributed by atoms with Crippen molar-refractivity contribution in [1.82, 2.24) is 4.90 Å². The van der Waals surface area contributed by atoms with Crippen molar-refractivity contribution in [1.29, 1.82) is 0 Å². The third-order valence-corrected chi connectivity index (χ3v) is 3.35. The van der Waals surface area contributed by atoms with E-state index in [1.54, 1.807) is 0 Å². The number of benzene rings is 1. The van der Waals surface area contributed by atoms with Crippen LogP contribution in [0.5, 0.6) is 0 Å². The van der Waals surface area contributed by atoms with E-state index in [0.717, 1.165) is 29.5 Å². The Bertz CT molecular complexity index is 420. The van der Waals surface area contributed by atoms with Gasteiger partial charge < -0.3 is 9.64 Å². The van der Waals surface area contributed by atoms with Gasteiger partial charge in [-0.05, 0) is 30.2 Å². The molecular formula is C13H16BrNO2. The summed E-state index contributed by atoms with van der Waals surface area (Å²) in [6.07, 6.45) is 0. The van der Waals surface area contributed by atoms with Crippen LogP contribution in [-0.2, 0) is 18.0 Å². The van der Waals surface area contributed by atoms with Gasteiger partial charge in [-0.25, -0.2) is 0 Å². The Morgan fingerprint density at radius 2 is 2.18 bits per heavy atom. The topological polar surface area (TPSA) is 29.5 Å². The maximum absolute atomic E-state index is 12.2. The molecule has 1 aromatic carbocycles. The highest BCUT2D eigenvalue weighted by molar-refractivity contribution is 9.09. The van der Waals surface area contributed by atoms with Gasteiger partial charge in [-0.1, -0.05) is 22.0 Å². The molecular weight excluding hydrogens is 282 g/mol. The van der Waals surface area contributed by atoms with E-state index >= 15 is 0 Å². The van der Waals surface area contributed by atoms with E-state index in [9.17, 15) is 4.79 Å². The summed E-state index contributed by atoms with van der Waals surface area (Å²) in [4.78, 5) is 14.1. The number of carbonyl (C=O) groups excluding carboxylic acids is 1. The summed E-state index contributed by atoms with van der Waals surface area (Å²) in [6.45, 7) is 4.77. The van der Waals surface area contributed by atoms with E-state index in [2.05, 4.69) is 15.9 Å². The fraction of sp³-hybridized carbons (Fsp3) is 0.462. The third kappa shape index (κ3) is 2.69. The lowest BCUT2D eigenvalue weighted by Crippen LogP contribution is -2.32. The molecule has 0 saturated carbocycles. The summed E-state index contributed by atoms with van der Waals surface area (Å²) in [6, 6.07) is 5.85. The molecule has 0 aromatic heterocycles. The SMILES string of the molecule is CCN(CCBr)C(=O)c1ccc2c(c1)COC2. The summed E-state index contributed by atoms with van der Waals surface area (Å²) in [5, 5.41) is 0.806. The number of halogens is 1. The Labute approximate surface area is 110 Å². The minimum Gasteiger partial charge on any atom is -0.372 e. The van der Waals surface area contributed by atoms with Crippen LogP contribution in [0.2, 0.25) is 0 Å². The zero-order valence-electron chi connectivity index (χ0n) is 9.91. The molecule has 1 heterocycles. The van der Waals surface area contributed by atoms with Crippen LogP contribution in [0.1, 0.15) is 28.4 Å². The number of fused-ring (bicyclic) bond motifs is 1. The normalized spacial score (nSPS) is 13.5. The largest absolute Gasteiger partial charge is 0.372 e. The van der Waals surface area contributed by atoms with Gasteiger partial charge in [0, 0.05) is 24.0 Å². The maximum Gasteiger partial charge on any atom is 0.253 e. The molecule has 0 aliphatic carbocycles. The fourth-order valence-corrected chi connectivity index (χ4v) is 2.42. The summed E-state index contributed by atoms with van der Waals surface area (Å²) < 4.78 is 5.35. The summed E-state index contributed by atoms with van der Waals surface area (Å²) in [5.41, 5.74) is 3.10. The van der Waals surface area contributed by atoms with Gasteiger partial charge in [0.05, 0.1) is 13.2 Å². The molecule has 0 saturated heterocycles. The summed E-state index contributed by atoms with van der Waals surface area (Å²) in [7, 11) is 0. The van der Waals surface area contributed by atoms with Gasteiger partial charge in [-0.3, -0.25) is 4.79 Å². The first kappa shape index (κ1) is 12.6. The molecule has 92 valence electrons. The van der Waals surface area contributed by atoms with E-state index in [-0.39, 0.29) is 5.91 Å². The molecule has 0 radical (unpaired) electrons. The van der Waals surface area contributed by atoms with Crippen molar-refractivity contribution >= 4 is 21.8 Å². The quantitative estimate of drug-likeness (QED) is 0.800. The Balaban J connectivity index is 2.19. The number of rotatable bonds is 4. The van der Waals surface area contributed by atoms with Gasteiger partial charge >= 0.3 is 0 Å². The summed E-state index contributed by atoms with van der Waals surface area (Å²) in [5.74, 6) is 0.0988. The number of hydrogen-bond acceptors (Lipinski definition) is 2. The molecule has 0 unspecified atom stereocenters. The lowest BCUT2D eigenvalue weighted by atomic mass is 10.1. The van der Waals surface area contributed by atoms with Crippen LogP contribution >= 0.6 is 15.9 Å². The summed E-state index contributed by atoms with van der Waals surface area (Å²) >= 11 is 3.37. The third-order valence-electron chi connectivity index (χ3n) is 2.99. The molecule has 0 atom stereocenters. The van der Waals surface area contributed by atoms with Crippen LogP contribution in [0, 0.1) is 0 Å². The zero-order valence-corrected chi connectivity index (χ0v) is 11.5. The lowest BCUT2D eigenvalue weighted by molar-refractivity contribution is 0.0774. The lowest BCUT2D eigenvalue weighted by Gasteiger charge is -2.19. The average molecular weight is 298 g/mol. The molecule has 2 rings (SSSR count). The van der Waals surface area contributed by atoms with Crippen LogP contribution in [0.15, 0.2) is 18.2 Å². The molecule has 4 heteroatoms. The number of alkyl halides is 1. The van der Waals surface area contributed by atoms with Gasteiger partial charge in [0.2, 0.25) is 0 Å². The van der Waals surface area contributed by atoms with E-state index in [4.69, 9.17) is 4.74 Å². The molecule has 1 amide bonds. The zero-order chi connectivity index (χ0) is 12.3. The first-order valence-electron chi connectivity index (χ1n) is 5.81. The Kier molecular flexibility index (Phi) is 4.18. The van der Waals surface area contributed by atoms with Gasteiger partial charge in [-0.2, -0.15) is 0 Å². The first-order valence-corrected chi connectivity index (χ1v) is 6.93. The van der Waals surface area contributed by atoms with Crippen molar-refractivity contribution < 1.29 is 9.53 Å². The van der Waals surface area contributed by atoms with Crippen molar-refractivity contribution in [2.24, 2.45) is 0 Å². The molecule has 0 spiro atoms. The highest BCUT2D eigenvalue weighted by Gasteiger charge is 2.17. The molecule has 1 aromatic rings. The van der Waals surface area contributed by atoms with E-state index in [1.165, 1.54) is 5.56 Å². The maximum atomic E-state index is 12.2. The van der Waals surface area contributed by atoms with Crippen molar-refractivity contribution in [3.63, 3.8) is 0 Å². The smallest absolute Gasteiger partial charge is 0.253 e. The highest BCUT2D eigenvalue weighted by atomic mass is 79.9. The van der Waals surface area contributed by atoms with Gasteiger partial charge in [0.1, 0.15) is 0 Å². The number of amides is 1. The highest BCUT2D eigenvalue weighted by Crippen LogP contribution is 2.21. The minimum atomic E-state index is 0.0988. The molecule has 0 fully saturated rings. The average Bonchev–Trinajstić information content (AvgIpc) is 2.82. The van der Waals surface area contributed by atoms with E-state index in [0.29, 0.717) is 13.2 Å². The second kappa shape index (κ2) is 5.65. The second-order valence-electron chi connectivity index (χ2n) is 4.05. The monoisotopic (exact) mass is 297 g/mol. The van der Waals surface area contributed by atoms with Gasteiger partial charge in [-0.15, -0.1) is 0 Å².